The minimum absolute atomic E-state index is 0.121. The number of rotatable bonds is 3. The lowest BCUT2D eigenvalue weighted by molar-refractivity contribution is 0.334. The van der Waals surface area contributed by atoms with Crippen molar-refractivity contribution in [3.63, 3.8) is 0 Å². The molecule has 1 rings (SSSR count). The van der Waals surface area contributed by atoms with Crippen LogP contribution in [0.4, 0.5) is 0 Å². The predicted molar refractivity (Wildman–Crippen MR) is 49.0 cm³/mol. The smallest absolute Gasteiger partial charge is 0.348 e. The quantitative estimate of drug-likeness (QED) is 0.691. The zero-order valence-corrected chi connectivity index (χ0v) is 8.44. The number of hydrogen-bond acceptors (Lipinski definition) is 3. The van der Waals surface area contributed by atoms with Gasteiger partial charge in [0.25, 0.3) is 0 Å². The van der Waals surface area contributed by atoms with E-state index >= 15 is 0 Å². The predicted octanol–water partition coefficient (Wildman–Crippen LogP) is 0.561. The summed E-state index contributed by atoms with van der Waals surface area (Å²) in [6.45, 7) is 3.98. The van der Waals surface area contributed by atoms with Crippen LogP contribution in [0, 0.1) is 0 Å². The lowest BCUT2D eigenvalue weighted by Crippen LogP contribution is -2.25. The van der Waals surface area contributed by atoms with E-state index in [1.165, 1.54) is 11.8 Å². The molecule has 0 aliphatic heterocycles. The number of hydrogen-bond donors (Lipinski definition) is 0. The Morgan fingerprint density at radius 1 is 1.62 bits per heavy atom. The molecule has 0 saturated carbocycles. The van der Waals surface area contributed by atoms with Crippen LogP contribution in [0.15, 0.2) is 4.79 Å². The third-order valence-corrected chi connectivity index (χ3v) is 2.14. The second-order valence-corrected chi connectivity index (χ2v) is 3.02. The first-order valence-corrected chi connectivity index (χ1v) is 4.31. The maximum atomic E-state index is 11.5. The first-order chi connectivity index (χ1) is 6.11. The van der Waals surface area contributed by atoms with Crippen LogP contribution in [0.5, 0.6) is 6.01 Å². The van der Waals surface area contributed by atoms with Crippen LogP contribution in [0.1, 0.15) is 26.3 Å². The molecule has 0 amide bonds. The van der Waals surface area contributed by atoms with Crippen molar-refractivity contribution in [1.29, 1.82) is 0 Å². The molecular formula is C8H15N3O2. The van der Waals surface area contributed by atoms with E-state index in [-0.39, 0.29) is 11.7 Å². The van der Waals surface area contributed by atoms with Gasteiger partial charge in [0.1, 0.15) is 0 Å². The van der Waals surface area contributed by atoms with E-state index in [1.807, 2.05) is 13.8 Å². The second kappa shape index (κ2) is 3.64. The Hall–Kier alpha value is -1.26. The number of methoxy groups -OCH3 is 1. The highest BCUT2D eigenvalue weighted by Gasteiger charge is 2.15. The van der Waals surface area contributed by atoms with Gasteiger partial charge in [-0.05, 0) is 13.3 Å². The summed E-state index contributed by atoms with van der Waals surface area (Å²) < 4.78 is 7.84. The Bertz CT molecular complexity index is 340. The molecule has 5 heteroatoms. The molecule has 1 aromatic heterocycles. The molecule has 1 heterocycles. The first-order valence-electron chi connectivity index (χ1n) is 4.31. The van der Waals surface area contributed by atoms with Crippen molar-refractivity contribution in [2.75, 3.05) is 7.11 Å². The molecule has 0 bridgehead atoms. The van der Waals surface area contributed by atoms with Gasteiger partial charge in [0.05, 0.1) is 7.11 Å². The van der Waals surface area contributed by atoms with Gasteiger partial charge in [-0.1, -0.05) is 6.92 Å². The molecule has 1 aromatic rings. The molecule has 74 valence electrons. The van der Waals surface area contributed by atoms with Gasteiger partial charge in [-0.2, -0.15) is 0 Å². The molecule has 0 aliphatic rings. The summed E-state index contributed by atoms with van der Waals surface area (Å²) in [6, 6.07) is 0.498. The molecule has 0 aromatic carbocycles. The minimum Gasteiger partial charge on any atom is -0.467 e. The number of ether oxygens (including phenoxy) is 1. The summed E-state index contributed by atoms with van der Waals surface area (Å²) >= 11 is 0. The molecule has 0 N–H and O–H groups in total. The molecule has 0 radical (unpaired) electrons. The number of nitrogens with zero attached hydrogens (tertiary/aromatic N) is 3. The normalized spacial score (nSPS) is 12.9. The van der Waals surface area contributed by atoms with Gasteiger partial charge in [0.15, 0.2) is 0 Å². The number of aromatic nitrogens is 3. The van der Waals surface area contributed by atoms with E-state index in [1.54, 1.807) is 11.6 Å². The third kappa shape index (κ3) is 1.59. The maximum Gasteiger partial charge on any atom is 0.348 e. The van der Waals surface area contributed by atoms with E-state index in [0.717, 1.165) is 6.42 Å². The van der Waals surface area contributed by atoms with Gasteiger partial charge in [0.2, 0.25) is 0 Å². The van der Waals surface area contributed by atoms with Crippen molar-refractivity contribution in [3.8, 4) is 6.01 Å². The lowest BCUT2D eigenvalue weighted by Gasteiger charge is -2.09. The highest BCUT2D eigenvalue weighted by atomic mass is 16.5. The molecule has 0 spiro atoms. The molecule has 0 fully saturated rings. The Labute approximate surface area is 76.9 Å². The Morgan fingerprint density at radius 2 is 2.23 bits per heavy atom. The zero-order chi connectivity index (χ0) is 10.0. The zero-order valence-electron chi connectivity index (χ0n) is 8.44. The van der Waals surface area contributed by atoms with Crippen molar-refractivity contribution in [1.82, 2.24) is 14.3 Å². The summed E-state index contributed by atoms with van der Waals surface area (Å²) in [7, 11) is 3.13. The van der Waals surface area contributed by atoms with Crippen LogP contribution in [-0.2, 0) is 7.05 Å². The average molecular weight is 185 g/mol. The molecule has 0 saturated heterocycles. The van der Waals surface area contributed by atoms with Crippen molar-refractivity contribution >= 4 is 0 Å². The van der Waals surface area contributed by atoms with Crippen LogP contribution in [-0.4, -0.2) is 21.5 Å². The van der Waals surface area contributed by atoms with E-state index in [0.29, 0.717) is 6.01 Å². The van der Waals surface area contributed by atoms with E-state index in [4.69, 9.17) is 4.74 Å². The number of aryl methyl sites for hydroxylation is 1. The van der Waals surface area contributed by atoms with Crippen LogP contribution in [0.3, 0.4) is 0 Å². The minimum atomic E-state index is -0.133. The summed E-state index contributed by atoms with van der Waals surface area (Å²) in [5, 5.41) is 3.94. The van der Waals surface area contributed by atoms with Gasteiger partial charge < -0.3 is 4.74 Å². The van der Waals surface area contributed by atoms with E-state index < -0.39 is 0 Å². The Kier molecular flexibility index (Phi) is 2.75. The summed E-state index contributed by atoms with van der Waals surface area (Å²) in [6.07, 6.45) is 0.877. The Balaban J connectivity index is 3.24. The fourth-order valence-corrected chi connectivity index (χ4v) is 1.16. The molecule has 0 aliphatic carbocycles. The SMILES string of the molecule is CCC(C)n1c(OC)nn(C)c1=O. The van der Waals surface area contributed by atoms with Crippen molar-refractivity contribution in [2.45, 2.75) is 26.3 Å². The van der Waals surface area contributed by atoms with Crippen LogP contribution < -0.4 is 10.4 Å². The topological polar surface area (TPSA) is 49.0 Å². The van der Waals surface area contributed by atoms with E-state index in [9.17, 15) is 4.79 Å². The van der Waals surface area contributed by atoms with E-state index in [2.05, 4.69) is 5.10 Å². The highest BCUT2D eigenvalue weighted by molar-refractivity contribution is 4.95. The summed E-state index contributed by atoms with van der Waals surface area (Å²) in [5.74, 6) is 0. The molecule has 1 unspecified atom stereocenters. The second-order valence-electron chi connectivity index (χ2n) is 3.02. The monoisotopic (exact) mass is 185 g/mol. The van der Waals surface area contributed by atoms with Crippen molar-refractivity contribution in [2.24, 2.45) is 7.05 Å². The van der Waals surface area contributed by atoms with Crippen molar-refractivity contribution in [3.05, 3.63) is 10.5 Å². The summed E-state index contributed by atoms with van der Waals surface area (Å²) in [5.41, 5.74) is -0.133. The van der Waals surface area contributed by atoms with Crippen LogP contribution in [0.25, 0.3) is 0 Å². The third-order valence-electron chi connectivity index (χ3n) is 2.14. The molecule has 5 nitrogen and oxygen atoms in total. The van der Waals surface area contributed by atoms with Gasteiger partial charge >= 0.3 is 11.7 Å². The highest BCUT2D eigenvalue weighted by Crippen LogP contribution is 2.13. The fourth-order valence-electron chi connectivity index (χ4n) is 1.16. The maximum absolute atomic E-state index is 11.5. The van der Waals surface area contributed by atoms with Gasteiger partial charge in [-0.15, -0.1) is 5.10 Å². The Morgan fingerprint density at radius 3 is 2.69 bits per heavy atom. The summed E-state index contributed by atoms with van der Waals surface area (Å²) in [4.78, 5) is 11.5. The molecule has 1 atom stereocenters. The lowest BCUT2D eigenvalue weighted by atomic mass is 10.3. The van der Waals surface area contributed by atoms with Crippen LogP contribution in [0.2, 0.25) is 0 Å². The van der Waals surface area contributed by atoms with Gasteiger partial charge in [-0.25, -0.2) is 14.0 Å². The standard InChI is InChI=1S/C8H15N3O2/c1-5-6(2)11-7(13-4)9-10(3)8(11)12/h6H,5H2,1-4H3. The average Bonchev–Trinajstić information content (AvgIpc) is 2.42. The first kappa shape index (κ1) is 9.83. The molecular weight excluding hydrogens is 170 g/mol. The fraction of sp³-hybridized carbons (Fsp3) is 0.750. The van der Waals surface area contributed by atoms with Crippen LogP contribution >= 0.6 is 0 Å². The largest absolute Gasteiger partial charge is 0.467 e. The molecule has 13 heavy (non-hydrogen) atoms. The van der Waals surface area contributed by atoms with Gasteiger partial charge in [0, 0.05) is 13.1 Å². The van der Waals surface area contributed by atoms with Crippen molar-refractivity contribution < 1.29 is 4.74 Å². The van der Waals surface area contributed by atoms with Gasteiger partial charge in [-0.3, -0.25) is 0 Å².